The number of carbonyl (C=O) groups is 3. The van der Waals surface area contributed by atoms with Gasteiger partial charge in [-0.25, -0.2) is 0 Å². The second-order valence-electron chi connectivity index (χ2n) is 19.9. The summed E-state index contributed by atoms with van der Waals surface area (Å²) in [7, 11) is 0. The van der Waals surface area contributed by atoms with Gasteiger partial charge in [0.15, 0.2) is 6.10 Å². The Morgan fingerprint density at radius 3 is 0.836 bits per heavy atom. The van der Waals surface area contributed by atoms with Crippen LogP contribution in [0.1, 0.15) is 316 Å². The molecule has 0 saturated carbocycles. The van der Waals surface area contributed by atoms with Gasteiger partial charge in [0.2, 0.25) is 0 Å². The van der Waals surface area contributed by atoms with Crippen LogP contribution in [-0.2, 0) is 28.6 Å². The van der Waals surface area contributed by atoms with Gasteiger partial charge in [0.1, 0.15) is 13.2 Å². The maximum Gasteiger partial charge on any atom is 0.306 e. The third-order valence-electron chi connectivity index (χ3n) is 13.1. The number of hydrogen-bond acceptors (Lipinski definition) is 6. The summed E-state index contributed by atoms with van der Waals surface area (Å²) in [5.41, 5.74) is 0. The first-order valence-electron chi connectivity index (χ1n) is 29.5. The van der Waals surface area contributed by atoms with Gasteiger partial charge < -0.3 is 14.2 Å². The summed E-state index contributed by atoms with van der Waals surface area (Å²) >= 11 is 0. The number of carbonyl (C=O) groups excluding carboxylic acids is 3. The minimum atomic E-state index is -0.762. The molecular formula is C61H112O6. The van der Waals surface area contributed by atoms with E-state index < -0.39 is 6.10 Å². The van der Waals surface area contributed by atoms with Crippen LogP contribution in [-0.4, -0.2) is 37.2 Å². The first-order chi connectivity index (χ1) is 33.0. The zero-order valence-electron chi connectivity index (χ0n) is 44.9. The van der Waals surface area contributed by atoms with Crippen LogP contribution in [0.25, 0.3) is 0 Å². The van der Waals surface area contributed by atoms with Crippen LogP contribution < -0.4 is 0 Å². The van der Waals surface area contributed by atoms with E-state index in [9.17, 15) is 14.4 Å². The van der Waals surface area contributed by atoms with Crippen LogP contribution in [0.3, 0.4) is 0 Å². The minimum absolute atomic E-state index is 0.0673. The molecule has 0 heterocycles. The molecule has 0 radical (unpaired) electrons. The molecule has 0 saturated heterocycles. The lowest BCUT2D eigenvalue weighted by atomic mass is 10.0. The van der Waals surface area contributed by atoms with E-state index in [-0.39, 0.29) is 31.1 Å². The lowest BCUT2D eigenvalue weighted by Crippen LogP contribution is -2.30. The monoisotopic (exact) mass is 941 g/mol. The highest BCUT2D eigenvalue weighted by Gasteiger charge is 2.19. The van der Waals surface area contributed by atoms with Crippen molar-refractivity contribution in [3.8, 4) is 0 Å². The Morgan fingerprint density at radius 1 is 0.299 bits per heavy atom. The van der Waals surface area contributed by atoms with Crippen molar-refractivity contribution in [3.05, 3.63) is 36.5 Å². The Hall–Kier alpha value is -2.37. The Morgan fingerprint density at radius 2 is 0.537 bits per heavy atom. The number of unbranched alkanes of at least 4 members (excludes halogenated alkanes) is 37. The quantitative estimate of drug-likeness (QED) is 0.0262. The predicted octanol–water partition coefficient (Wildman–Crippen LogP) is 19.7. The Balaban J connectivity index is 3.85. The highest BCUT2D eigenvalue weighted by Crippen LogP contribution is 2.17. The normalized spacial score (nSPS) is 12.2. The van der Waals surface area contributed by atoms with E-state index in [0.717, 1.165) is 77.0 Å². The van der Waals surface area contributed by atoms with Crippen molar-refractivity contribution in [2.75, 3.05) is 13.2 Å². The van der Waals surface area contributed by atoms with E-state index in [2.05, 4.69) is 57.2 Å². The maximum absolute atomic E-state index is 12.7. The van der Waals surface area contributed by atoms with Crippen molar-refractivity contribution in [1.29, 1.82) is 0 Å². The second kappa shape index (κ2) is 56.2. The van der Waals surface area contributed by atoms with Gasteiger partial charge in [-0.1, -0.05) is 276 Å². The van der Waals surface area contributed by atoms with Gasteiger partial charge in [0.05, 0.1) is 0 Å². The average molecular weight is 942 g/mol. The molecule has 0 bridgehead atoms. The van der Waals surface area contributed by atoms with Gasteiger partial charge in [0.25, 0.3) is 0 Å². The van der Waals surface area contributed by atoms with Crippen molar-refractivity contribution in [2.24, 2.45) is 0 Å². The highest BCUT2D eigenvalue weighted by atomic mass is 16.6. The SMILES string of the molecule is CCCCCCC/C=C\C/C=C\C/C=C\CCCCCCCCCCCCCCCCCCCCC(=O)OCC(COC(=O)CCCCCCC)OC(=O)CCCCCCCCCCCCC. The van der Waals surface area contributed by atoms with E-state index in [1.165, 1.54) is 199 Å². The molecule has 67 heavy (non-hydrogen) atoms. The molecule has 0 amide bonds. The Bertz CT molecular complexity index is 1130. The number of ether oxygens (including phenoxy) is 3. The lowest BCUT2D eigenvalue weighted by molar-refractivity contribution is -0.167. The van der Waals surface area contributed by atoms with Crippen LogP contribution in [0.2, 0.25) is 0 Å². The number of allylic oxidation sites excluding steroid dienone is 6. The van der Waals surface area contributed by atoms with Crippen LogP contribution in [0, 0.1) is 0 Å². The molecule has 0 fully saturated rings. The zero-order valence-corrected chi connectivity index (χ0v) is 44.9. The van der Waals surface area contributed by atoms with Gasteiger partial charge in [0, 0.05) is 19.3 Å². The molecule has 6 nitrogen and oxygen atoms in total. The van der Waals surface area contributed by atoms with Gasteiger partial charge in [-0.2, -0.15) is 0 Å². The third-order valence-corrected chi connectivity index (χ3v) is 13.1. The predicted molar refractivity (Wildman–Crippen MR) is 289 cm³/mol. The number of rotatable bonds is 54. The molecule has 6 heteroatoms. The van der Waals surface area contributed by atoms with Crippen LogP contribution >= 0.6 is 0 Å². The van der Waals surface area contributed by atoms with E-state index in [1.54, 1.807) is 0 Å². The molecule has 0 aliphatic rings. The smallest absolute Gasteiger partial charge is 0.306 e. The summed E-state index contributed by atoms with van der Waals surface area (Å²) in [6.07, 6.45) is 67.8. The average Bonchev–Trinajstić information content (AvgIpc) is 3.33. The van der Waals surface area contributed by atoms with E-state index in [4.69, 9.17) is 14.2 Å². The van der Waals surface area contributed by atoms with E-state index in [0.29, 0.717) is 19.3 Å². The standard InChI is InChI=1S/C61H112O6/c1-4-7-10-13-15-17-19-20-21-22-23-24-25-26-27-28-29-30-31-32-33-34-35-36-37-38-39-40-42-43-45-48-51-54-60(63)66-57-58(56-65-59(62)53-50-47-12-9-6-3)67-61(64)55-52-49-46-44-41-18-16-14-11-8-5-2/h19-20,22-23,25-26,58H,4-18,21,24,27-57H2,1-3H3/b20-19-,23-22-,26-25-. The molecule has 1 unspecified atom stereocenters. The fourth-order valence-electron chi connectivity index (χ4n) is 8.69. The van der Waals surface area contributed by atoms with Gasteiger partial charge in [-0.3, -0.25) is 14.4 Å². The molecule has 0 rings (SSSR count). The van der Waals surface area contributed by atoms with E-state index >= 15 is 0 Å². The van der Waals surface area contributed by atoms with Crippen LogP contribution in [0.15, 0.2) is 36.5 Å². The molecule has 0 spiro atoms. The second-order valence-corrected chi connectivity index (χ2v) is 19.9. The summed E-state index contributed by atoms with van der Waals surface area (Å²) in [5.74, 6) is -0.868. The summed E-state index contributed by atoms with van der Waals surface area (Å²) in [6, 6.07) is 0. The molecule has 0 aromatic carbocycles. The topological polar surface area (TPSA) is 78.9 Å². The number of hydrogen-bond donors (Lipinski definition) is 0. The minimum Gasteiger partial charge on any atom is -0.462 e. The summed E-state index contributed by atoms with van der Waals surface area (Å²) in [4.78, 5) is 37.6. The highest BCUT2D eigenvalue weighted by molar-refractivity contribution is 5.71. The lowest BCUT2D eigenvalue weighted by Gasteiger charge is -2.18. The molecule has 0 aliphatic heterocycles. The molecule has 0 N–H and O–H groups in total. The molecule has 1 atom stereocenters. The largest absolute Gasteiger partial charge is 0.462 e. The molecule has 0 aromatic heterocycles. The summed E-state index contributed by atoms with van der Waals surface area (Å²) in [6.45, 7) is 6.56. The van der Waals surface area contributed by atoms with Crippen molar-refractivity contribution < 1.29 is 28.6 Å². The zero-order chi connectivity index (χ0) is 48.6. The third kappa shape index (κ3) is 54.4. The van der Waals surface area contributed by atoms with Crippen molar-refractivity contribution in [2.45, 2.75) is 322 Å². The fourth-order valence-corrected chi connectivity index (χ4v) is 8.69. The van der Waals surface area contributed by atoms with Crippen molar-refractivity contribution in [3.63, 3.8) is 0 Å². The first kappa shape index (κ1) is 64.6. The van der Waals surface area contributed by atoms with Gasteiger partial charge in [-0.05, 0) is 57.8 Å². The molecule has 392 valence electrons. The summed E-state index contributed by atoms with van der Waals surface area (Å²) < 4.78 is 16.7. The van der Waals surface area contributed by atoms with Crippen molar-refractivity contribution in [1.82, 2.24) is 0 Å². The van der Waals surface area contributed by atoms with Gasteiger partial charge >= 0.3 is 17.9 Å². The van der Waals surface area contributed by atoms with Crippen molar-refractivity contribution >= 4 is 17.9 Å². The summed E-state index contributed by atoms with van der Waals surface area (Å²) in [5, 5.41) is 0. The fraction of sp³-hybridized carbons (Fsp3) is 0.852. The Kier molecular flexibility index (Phi) is 54.2. The Labute approximate surface area is 416 Å². The molecular weight excluding hydrogens is 829 g/mol. The first-order valence-corrected chi connectivity index (χ1v) is 29.5. The van der Waals surface area contributed by atoms with Crippen LogP contribution in [0.4, 0.5) is 0 Å². The van der Waals surface area contributed by atoms with Gasteiger partial charge in [-0.15, -0.1) is 0 Å². The molecule has 0 aliphatic carbocycles. The van der Waals surface area contributed by atoms with Crippen LogP contribution in [0.5, 0.6) is 0 Å². The number of esters is 3. The van der Waals surface area contributed by atoms with E-state index in [1.807, 2.05) is 0 Å². The molecule has 0 aromatic rings. The maximum atomic E-state index is 12.7.